The summed E-state index contributed by atoms with van der Waals surface area (Å²) in [5.41, 5.74) is 7.74. The van der Waals surface area contributed by atoms with Crippen molar-refractivity contribution >= 4 is 0 Å². The molecule has 3 nitrogen and oxygen atoms in total. The predicted octanol–water partition coefficient (Wildman–Crippen LogP) is 0.654. The van der Waals surface area contributed by atoms with Crippen molar-refractivity contribution in [2.45, 2.75) is 13.2 Å². The fraction of sp³-hybridized carbons (Fsp3) is 0.400. The quantitative estimate of drug-likeness (QED) is 0.656. The highest BCUT2D eigenvalue weighted by molar-refractivity contribution is 5.26. The second-order valence-electron chi connectivity index (χ2n) is 2.75. The lowest BCUT2D eigenvalue weighted by molar-refractivity contribution is 0.0812. The fourth-order valence-electron chi connectivity index (χ4n) is 1.14. The minimum Gasteiger partial charge on any atom is -0.394 e. The van der Waals surface area contributed by atoms with Gasteiger partial charge in [0.1, 0.15) is 0 Å². The van der Waals surface area contributed by atoms with Gasteiger partial charge in [-0.15, -0.1) is 0 Å². The van der Waals surface area contributed by atoms with Gasteiger partial charge in [-0.1, -0.05) is 24.3 Å². The van der Waals surface area contributed by atoms with Crippen LogP contribution in [-0.2, 0) is 17.9 Å². The molecule has 0 aliphatic rings. The molecule has 72 valence electrons. The third kappa shape index (κ3) is 3.14. The number of rotatable bonds is 5. The van der Waals surface area contributed by atoms with Gasteiger partial charge in [-0.2, -0.15) is 0 Å². The molecule has 3 N–H and O–H groups in total. The maximum Gasteiger partial charge on any atom is 0.0721 e. The van der Waals surface area contributed by atoms with Crippen LogP contribution in [0.15, 0.2) is 24.3 Å². The van der Waals surface area contributed by atoms with Crippen LogP contribution in [0.2, 0.25) is 0 Å². The van der Waals surface area contributed by atoms with E-state index in [1.165, 1.54) is 0 Å². The lowest BCUT2D eigenvalue weighted by Crippen LogP contribution is -2.04. The monoisotopic (exact) mass is 181 g/mol. The normalized spacial score (nSPS) is 10.3. The number of nitrogens with two attached hydrogens (primary N) is 1. The van der Waals surface area contributed by atoms with E-state index in [1.54, 1.807) is 0 Å². The average molecular weight is 181 g/mol. The Kier molecular flexibility index (Phi) is 4.46. The van der Waals surface area contributed by atoms with E-state index in [0.717, 1.165) is 11.1 Å². The van der Waals surface area contributed by atoms with Gasteiger partial charge in [-0.25, -0.2) is 0 Å². The molecule has 1 aromatic rings. The van der Waals surface area contributed by atoms with Crippen molar-refractivity contribution in [3.63, 3.8) is 0 Å². The molecule has 0 saturated carbocycles. The molecule has 13 heavy (non-hydrogen) atoms. The van der Waals surface area contributed by atoms with E-state index in [4.69, 9.17) is 15.6 Å². The molecule has 0 spiro atoms. The van der Waals surface area contributed by atoms with Crippen LogP contribution in [0.4, 0.5) is 0 Å². The van der Waals surface area contributed by atoms with Gasteiger partial charge in [0.15, 0.2) is 0 Å². The van der Waals surface area contributed by atoms with Crippen molar-refractivity contribution in [1.29, 1.82) is 0 Å². The van der Waals surface area contributed by atoms with Crippen molar-refractivity contribution in [2.75, 3.05) is 13.2 Å². The van der Waals surface area contributed by atoms with E-state index in [2.05, 4.69) is 0 Å². The van der Waals surface area contributed by atoms with Crippen molar-refractivity contribution in [3.8, 4) is 0 Å². The Morgan fingerprint density at radius 3 is 2.54 bits per heavy atom. The van der Waals surface area contributed by atoms with E-state index in [0.29, 0.717) is 19.8 Å². The first kappa shape index (κ1) is 10.2. The minimum atomic E-state index is 0.0603. The van der Waals surface area contributed by atoms with Gasteiger partial charge in [0, 0.05) is 6.54 Å². The van der Waals surface area contributed by atoms with Crippen LogP contribution in [-0.4, -0.2) is 18.3 Å². The summed E-state index contributed by atoms with van der Waals surface area (Å²) in [7, 11) is 0. The zero-order chi connectivity index (χ0) is 9.52. The van der Waals surface area contributed by atoms with Crippen molar-refractivity contribution in [2.24, 2.45) is 5.73 Å². The number of ether oxygens (including phenoxy) is 1. The number of hydrogen-bond acceptors (Lipinski definition) is 3. The molecule has 0 fully saturated rings. The van der Waals surface area contributed by atoms with E-state index in [-0.39, 0.29) is 6.61 Å². The van der Waals surface area contributed by atoms with Crippen molar-refractivity contribution in [3.05, 3.63) is 35.4 Å². The third-order valence-corrected chi connectivity index (χ3v) is 1.83. The lowest BCUT2D eigenvalue weighted by atomic mass is 10.1. The van der Waals surface area contributed by atoms with E-state index < -0.39 is 0 Å². The fourth-order valence-corrected chi connectivity index (χ4v) is 1.14. The first-order chi connectivity index (χ1) is 6.38. The lowest BCUT2D eigenvalue weighted by Gasteiger charge is -2.07. The smallest absolute Gasteiger partial charge is 0.0721 e. The molecular formula is C10H15NO2. The molecule has 0 aromatic heterocycles. The average Bonchev–Trinajstić information content (AvgIpc) is 2.19. The number of benzene rings is 1. The highest BCUT2D eigenvalue weighted by atomic mass is 16.5. The highest BCUT2D eigenvalue weighted by Crippen LogP contribution is 2.08. The molecular weight excluding hydrogens is 166 g/mol. The number of hydrogen-bond donors (Lipinski definition) is 2. The van der Waals surface area contributed by atoms with Crippen LogP contribution in [0.25, 0.3) is 0 Å². The van der Waals surface area contributed by atoms with Gasteiger partial charge in [0.2, 0.25) is 0 Å². The van der Waals surface area contributed by atoms with Gasteiger partial charge in [-0.3, -0.25) is 0 Å². The van der Waals surface area contributed by atoms with Crippen LogP contribution >= 0.6 is 0 Å². The summed E-state index contributed by atoms with van der Waals surface area (Å²) >= 11 is 0. The Balaban J connectivity index is 2.54. The van der Waals surface area contributed by atoms with Crippen molar-refractivity contribution in [1.82, 2.24) is 0 Å². The Hall–Kier alpha value is -0.900. The standard InChI is InChI=1S/C10H15NO2/c11-7-9-3-1-2-4-10(9)8-13-6-5-12/h1-4,12H,5-8,11H2. The molecule has 1 aromatic carbocycles. The molecule has 0 bridgehead atoms. The molecule has 0 radical (unpaired) electrons. The summed E-state index contributed by atoms with van der Waals surface area (Å²) in [6, 6.07) is 7.88. The van der Waals surface area contributed by atoms with E-state index in [1.807, 2.05) is 24.3 Å². The van der Waals surface area contributed by atoms with Crippen LogP contribution in [0, 0.1) is 0 Å². The van der Waals surface area contributed by atoms with Gasteiger partial charge >= 0.3 is 0 Å². The number of aliphatic hydroxyl groups excluding tert-OH is 1. The molecule has 0 atom stereocenters. The summed E-state index contributed by atoms with van der Waals surface area (Å²) in [5, 5.41) is 8.52. The molecule has 1 rings (SSSR count). The van der Waals surface area contributed by atoms with Crippen LogP contribution < -0.4 is 5.73 Å². The molecule has 0 unspecified atom stereocenters. The molecule has 3 heteroatoms. The first-order valence-corrected chi connectivity index (χ1v) is 4.34. The molecule has 0 amide bonds. The summed E-state index contributed by atoms with van der Waals surface area (Å²) < 4.78 is 5.21. The molecule has 0 saturated heterocycles. The topological polar surface area (TPSA) is 55.5 Å². The van der Waals surface area contributed by atoms with Crippen molar-refractivity contribution < 1.29 is 9.84 Å². The first-order valence-electron chi connectivity index (χ1n) is 4.34. The van der Waals surface area contributed by atoms with E-state index >= 15 is 0 Å². The summed E-state index contributed by atoms with van der Waals surface area (Å²) in [5.74, 6) is 0. The Bertz CT molecular complexity index is 250. The molecule has 0 aliphatic heterocycles. The summed E-state index contributed by atoms with van der Waals surface area (Å²) in [4.78, 5) is 0. The van der Waals surface area contributed by atoms with E-state index in [9.17, 15) is 0 Å². The zero-order valence-electron chi connectivity index (χ0n) is 7.57. The second kappa shape index (κ2) is 5.70. The largest absolute Gasteiger partial charge is 0.394 e. The van der Waals surface area contributed by atoms with Crippen LogP contribution in [0.1, 0.15) is 11.1 Å². The van der Waals surface area contributed by atoms with Crippen LogP contribution in [0.5, 0.6) is 0 Å². The Morgan fingerprint density at radius 1 is 1.23 bits per heavy atom. The Morgan fingerprint density at radius 2 is 1.92 bits per heavy atom. The van der Waals surface area contributed by atoms with Gasteiger partial charge in [0.05, 0.1) is 19.8 Å². The summed E-state index contributed by atoms with van der Waals surface area (Å²) in [6.07, 6.45) is 0. The Labute approximate surface area is 78.1 Å². The van der Waals surface area contributed by atoms with Gasteiger partial charge < -0.3 is 15.6 Å². The molecule has 0 heterocycles. The molecule has 0 aliphatic carbocycles. The maximum atomic E-state index is 8.52. The van der Waals surface area contributed by atoms with Gasteiger partial charge in [0.25, 0.3) is 0 Å². The highest BCUT2D eigenvalue weighted by Gasteiger charge is 1.98. The van der Waals surface area contributed by atoms with Gasteiger partial charge in [-0.05, 0) is 11.1 Å². The maximum absolute atomic E-state index is 8.52. The second-order valence-corrected chi connectivity index (χ2v) is 2.75. The predicted molar refractivity (Wildman–Crippen MR) is 51.1 cm³/mol. The SMILES string of the molecule is NCc1ccccc1COCCO. The minimum absolute atomic E-state index is 0.0603. The zero-order valence-corrected chi connectivity index (χ0v) is 7.57. The third-order valence-electron chi connectivity index (χ3n) is 1.83. The number of aliphatic hydroxyl groups is 1. The summed E-state index contributed by atoms with van der Waals surface area (Å²) in [6.45, 7) is 1.48. The van der Waals surface area contributed by atoms with Crippen LogP contribution in [0.3, 0.4) is 0 Å².